The van der Waals surface area contributed by atoms with Crippen molar-refractivity contribution >= 4 is 17.6 Å². The van der Waals surface area contributed by atoms with Gasteiger partial charge in [0.15, 0.2) is 11.5 Å². The minimum atomic E-state index is -0.281. The summed E-state index contributed by atoms with van der Waals surface area (Å²) in [5, 5.41) is 0.456. The Morgan fingerprint density at radius 3 is 2.84 bits per heavy atom. The molecular weight excluding hydrogens is 344 g/mol. The summed E-state index contributed by atoms with van der Waals surface area (Å²) in [5.74, 6) is 1.61. The first-order valence-corrected chi connectivity index (χ1v) is 8.40. The van der Waals surface area contributed by atoms with Gasteiger partial charge in [0.2, 0.25) is 0 Å². The second kappa shape index (κ2) is 8.12. The molecule has 3 rings (SSSR count). The van der Waals surface area contributed by atoms with E-state index in [-0.39, 0.29) is 19.0 Å². The molecule has 0 aliphatic carbocycles. The maximum Gasteiger partial charge on any atom is 0.306 e. The second-order valence-corrected chi connectivity index (χ2v) is 5.98. The highest BCUT2D eigenvalue weighted by atomic mass is 35.5. The molecule has 2 aromatic rings. The fraction of sp³-hybridized carbons (Fsp3) is 0.316. The highest BCUT2D eigenvalue weighted by Gasteiger charge is 2.17. The van der Waals surface area contributed by atoms with Gasteiger partial charge in [-0.15, -0.1) is 0 Å². The zero-order chi connectivity index (χ0) is 17.6. The van der Waals surface area contributed by atoms with E-state index in [1.807, 2.05) is 24.3 Å². The molecule has 25 heavy (non-hydrogen) atoms. The number of hydrogen-bond acceptors (Lipinski definition) is 5. The maximum absolute atomic E-state index is 12.0. The van der Waals surface area contributed by atoms with E-state index in [0.29, 0.717) is 36.2 Å². The Balaban J connectivity index is 1.55. The van der Waals surface area contributed by atoms with Crippen LogP contribution in [0.15, 0.2) is 36.4 Å². The lowest BCUT2D eigenvalue weighted by atomic mass is 10.1. The average Bonchev–Trinajstić information content (AvgIpc) is 2.65. The summed E-state index contributed by atoms with van der Waals surface area (Å²) in [7, 11) is 1.61. The molecule has 6 heteroatoms. The first-order chi connectivity index (χ1) is 12.2. The minimum absolute atomic E-state index is 0.140. The smallest absolute Gasteiger partial charge is 0.306 e. The summed E-state index contributed by atoms with van der Waals surface area (Å²) >= 11 is 6.18. The van der Waals surface area contributed by atoms with Crippen LogP contribution in [0.4, 0.5) is 0 Å². The van der Waals surface area contributed by atoms with Gasteiger partial charge >= 0.3 is 5.97 Å². The van der Waals surface area contributed by atoms with Crippen molar-refractivity contribution in [2.45, 2.75) is 19.4 Å². The van der Waals surface area contributed by atoms with Crippen LogP contribution >= 0.6 is 11.6 Å². The van der Waals surface area contributed by atoms with E-state index in [1.54, 1.807) is 19.2 Å². The molecule has 2 aromatic carbocycles. The van der Waals surface area contributed by atoms with E-state index in [1.165, 1.54) is 0 Å². The van der Waals surface area contributed by atoms with Crippen molar-refractivity contribution in [3.05, 3.63) is 52.5 Å². The standard InChI is InChI=1S/C19H19ClO5/c1-22-16-5-3-2-4-14(16)6-7-18(21)25-12-13-10-15(20)19-17(11-13)23-8-9-24-19/h2-5,10-11H,6-9,12H2,1H3. The summed E-state index contributed by atoms with van der Waals surface area (Å²) in [6.45, 7) is 1.09. The van der Waals surface area contributed by atoms with Crippen LogP contribution in [0.5, 0.6) is 17.2 Å². The number of fused-ring (bicyclic) bond motifs is 1. The van der Waals surface area contributed by atoms with Crippen LogP contribution in [0.1, 0.15) is 17.5 Å². The normalized spacial score (nSPS) is 12.6. The van der Waals surface area contributed by atoms with Gasteiger partial charge < -0.3 is 18.9 Å². The number of rotatable bonds is 6. The molecule has 0 spiro atoms. The van der Waals surface area contributed by atoms with Gasteiger partial charge in [-0.3, -0.25) is 4.79 Å². The third-order valence-electron chi connectivity index (χ3n) is 3.85. The molecule has 0 radical (unpaired) electrons. The number of benzene rings is 2. The van der Waals surface area contributed by atoms with Gasteiger partial charge in [-0.05, 0) is 35.7 Å². The monoisotopic (exact) mass is 362 g/mol. The fourth-order valence-electron chi connectivity index (χ4n) is 2.63. The number of ether oxygens (including phenoxy) is 4. The third kappa shape index (κ3) is 4.37. The number of esters is 1. The molecule has 0 unspecified atom stereocenters. The van der Waals surface area contributed by atoms with E-state index in [2.05, 4.69) is 0 Å². The molecule has 0 fully saturated rings. The van der Waals surface area contributed by atoms with Gasteiger partial charge in [-0.25, -0.2) is 0 Å². The lowest BCUT2D eigenvalue weighted by Crippen LogP contribution is -2.16. The van der Waals surface area contributed by atoms with Crippen LogP contribution in [0, 0.1) is 0 Å². The van der Waals surface area contributed by atoms with Crippen LogP contribution in [0.25, 0.3) is 0 Å². The summed E-state index contributed by atoms with van der Waals surface area (Å²) in [4.78, 5) is 12.0. The van der Waals surface area contributed by atoms with Crippen molar-refractivity contribution in [1.29, 1.82) is 0 Å². The average molecular weight is 363 g/mol. The predicted octanol–water partition coefficient (Wildman–Crippen LogP) is 3.80. The highest BCUT2D eigenvalue weighted by Crippen LogP contribution is 2.38. The third-order valence-corrected chi connectivity index (χ3v) is 4.13. The van der Waals surface area contributed by atoms with Crippen LogP contribution < -0.4 is 14.2 Å². The summed E-state index contributed by atoms with van der Waals surface area (Å²) in [5.41, 5.74) is 1.74. The lowest BCUT2D eigenvalue weighted by Gasteiger charge is -2.20. The molecule has 1 aliphatic rings. The number of halogens is 1. The molecule has 0 saturated heterocycles. The molecule has 0 amide bonds. The molecule has 1 heterocycles. The molecule has 0 bridgehead atoms. The van der Waals surface area contributed by atoms with E-state index in [0.717, 1.165) is 16.9 Å². The Bertz CT molecular complexity index is 759. The summed E-state index contributed by atoms with van der Waals surface area (Å²) in [6.07, 6.45) is 0.837. The van der Waals surface area contributed by atoms with Crippen molar-refractivity contribution in [1.82, 2.24) is 0 Å². The summed E-state index contributed by atoms with van der Waals surface area (Å²) in [6, 6.07) is 11.1. The van der Waals surface area contributed by atoms with Gasteiger partial charge in [0, 0.05) is 6.42 Å². The van der Waals surface area contributed by atoms with Crippen molar-refractivity contribution in [3.8, 4) is 17.2 Å². The van der Waals surface area contributed by atoms with Crippen molar-refractivity contribution in [2.75, 3.05) is 20.3 Å². The Morgan fingerprint density at radius 1 is 1.20 bits per heavy atom. The van der Waals surface area contributed by atoms with Gasteiger partial charge in [0.05, 0.1) is 12.1 Å². The SMILES string of the molecule is COc1ccccc1CCC(=O)OCc1cc(Cl)c2c(c1)OCCO2. The number of carbonyl (C=O) groups excluding carboxylic acids is 1. The maximum atomic E-state index is 12.0. The highest BCUT2D eigenvalue weighted by molar-refractivity contribution is 6.32. The first-order valence-electron chi connectivity index (χ1n) is 8.03. The van der Waals surface area contributed by atoms with Crippen LogP contribution in [0.3, 0.4) is 0 Å². The Morgan fingerprint density at radius 2 is 2.00 bits per heavy atom. The molecule has 1 aliphatic heterocycles. The Labute approximate surface area is 151 Å². The topological polar surface area (TPSA) is 54.0 Å². The van der Waals surface area contributed by atoms with Crippen molar-refractivity contribution < 1.29 is 23.7 Å². The van der Waals surface area contributed by atoms with Gasteiger partial charge in [-0.2, -0.15) is 0 Å². The quantitative estimate of drug-likeness (QED) is 0.732. The largest absolute Gasteiger partial charge is 0.496 e. The van der Waals surface area contributed by atoms with Crippen LogP contribution in [0.2, 0.25) is 5.02 Å². The Kier molecular flexibility index (Phi) is 5.66. The number of carbonyl (C=O) groups is 1. The molecule has 0 aromatic heterocycles. The zero-order valence-corrected chi connectivity index (χ0v) is 14.7. The van der Waals surface area contributed by atoms with Gasteiger partial charge in [0.1, 0.15) is 25.6 Å². The molecule has 0 atom stereocenters. The second-order valence-electron chi connectivity index (χ2n) is 5.57. The molecule has 132 valence electrons. The molecule has 0 N–H and O–H groups in total. The van der Waals surface area contributed by atoms with Crippen molar-refractivity contribution in [2.24, 2.45) is 0 Å². The number of methoxy groups -OCH3 is 1. The van der Waals surface area contributed by atoms with E-state index < -0.39 is 0 Å². The number of para-hydroxylation sites is 1. The zero-order valence-electron chi connectivity index (χ0n) is 13.9. The molecule has 5 nitrogen and oxygen atoms in total. The van der Waals surface area contributed by atoms with E-state index in [4.69, 9.17) is 30.5 Å². The fourth-order valence-corrected chi connectivity index (χ4v) is 2.92. The number of aryl methyl sites for hydroxylation is 1. The minimum Gasteiger partial charge on any atom is -0.496 e. The summed E-state index contributed by atoms with van der Waals surface area (Å²) < 4.78 is 21.6. The molecular formula is C19H19ClO5. The van der Waals surface area contributed by atoms with Gasteiger partial charge in [0.25, 0.3) is 0 Å². The van der Waals surface area contributed by atoms with Crippen LogP contribution in [-0.4, -0.2) is 26.3 Å². The van der Waals surface area contributed by atoms with E-state index >= 15 is 0 Å². The number of hydrogen-bond donors (Lipinski definition) is 0. The first kappa shape index (κ1) is 17.4. The lowest BCUT2D eigenvalue weighted by molar-refractivity contribution is -0.144. The van der Waals surface area contributed by atoms with Crippen molar-refractivity contribution in [3.63, 3.8) is 0 Å². The Hall–Kier alpha value is -2.40. The molecule has 0 saturated carbocycles. The van der Waals surface area contributed by atoms with E-state index in [9.17, 15) is 4.79 Å². The van der Waals surface area contributed by atoms with Gasteiger partial charge in [-0.1, -0.05) is 29.8 Å². The van der Waals surface area contributed by atoms with Crippen LogP contribution in [-0.2, 0) is 22.6 Å². The predicted molar refractivity (Wildman–Crippen MR) is 93.6 cm³/mol.